The number of hydrogen-bond acceptors (Lipinski definition) is 3. The number of fused-ring (bicyclic) bond motifs is 1. The molecule has 1 aliphatic heterocycles. The Morgan fingerprint density at radius 3 is 2.83 bits per heavy atom. The molecule has 3 rings (SSSR count). The topological polar surface area (TPSA) is 67.6 Å². The van der Waals surface area contributed by atoms with Crippen molar-refractivity contribution in [1.29, 1.82) is 0 Å². The minimum Gasteiger partial charge on any atom is -0.477 e. The van der Waals surface area contributed by atoms with Crippen LogP contribution in [0, 0.1) is 5.92 Å². The fourth-order valence-corrected chi connectivity index (χ4v) is 3.67. The van der Waals surface area contributed by atoms with Gasteiger partial charge in [0.1, 0.15) is 5.75 Å². The molecule has 0 unspecified atom stereocenters. The van der Waals surface area contributed by atoms with Crippen LogP contribution in [-0.2, 0) is 4.79 Å². The third-order valence-corrected chi connectivity index (χ3v) is 5.09. The third-order valence-electron chi connectivity index (χ3n) is 4.76. The van der Waals surface area contributed by atoms with Crippen molar-refractivity contribution < 1.29 is 9.53 Å². The van der Waals surface area contributed by atoms with Gasteiger partial charge < -0.3 is 20.7 Å². The molecule has 0 bridgehead atoms. The number of para-hydroxylation sites is 2. The number of carbonyl (C=O) groups is 1. The van der Waals surface area contributed by atoms with E-state index in [1.54, 1.807) is 0 Å². The Morgan fingerprint density at radius 1 is 1.35 bits per heavy atom. The molecule has 1 fully saturated rings. The average Bonchev–Trinajstić information content (AvgIpc) is 2.55. The first-order chi connectivity index (χ1) is 11.1. The first-order valence-electron chi connectivity index (χ1n) is 8.19. The molecule has 6 heteroatoms. The summed E-state index contributed by atoms with van der Waals surface area (Å²) in [5.41, 5.74) is 6.32. The van der Waals surface area contributed by atoms with E-state index in [-0.39, 0.29) is 0 Å². The first-order valence-corrected chi connectivity index (χ1v) is 8.60. The van der Waals surface area contributed by atoms with Gasteiger partial charge in [-0.3, -0.25) is 4.79 Å². The normalized spacial score (nSPS) is 26.8. The van der Waals surface area contributed by atoms with Crippen molar-refractivity contribution in [3.8, 4) is 5.75 Å². The van der Waals surface area contributed by atoms with Gasteiger partial charge in [0, 0.05) is 6.04 Å². The predicted octanol–water partition coefficient (Wildman–Crippen LogP) is 2.19. The zero-order chi connectivity index (χ0) is 16.4. The van der Waals surface area contributed by atoms with Crippen LogP contribution in [0.3, 0.4) is 0 Å². The van der Waals surface area contributed by atoms with E-state index in [9.17, 15) is 4.79 Å². The summed E-state index contributed by atoms with van der Waals surface area (Å²) in [6.45, 7) is 2.61. The number of carbonyl (C=O) groups excluding carboxylic acids is 1. The lowest BCUT2D eigenvalue weighted by atomic mass is 9.86. The molecule has 0 aromatic heterocycles. The molecule has 0 saturated heterocycles. The molecule has 0 spiro atoms. The van der Waals surface area contributed by atoms with Crippen LogP contribution >= 0.6 is 12.2 Å². The Hall–Kier alpha value is -1.82. The number of amides is 1. The molecule has 2 aliphatic rings. The van der Waals surface area contributed by atoms with Crippen LogP contribution in [-0.4, -0.2) is 29.7 Å². The maximum Gasteiger partial charge on any atom is 0.260 e. The number of nitrogens with two attached hydrogens (primary N) is 1. The number of thiocarbonyl (C=S) groups is 1. The van der Waals surface area contributed by atoms with E-state index in [1.807, 2.05) is 29.2 Å². The highest BCUT2D eigenvalue weighted by Crippen LogP contribution is 2.33. The summed E-state index contributed by atoms with van der Waals surface area (Å²) in [4.78, 5) is 13.5. The summed E-state index contributed by atoms with van der Waals surface area (Å²) in [5, 5.41) is 4.13. The van der Waals surface area contributed by atoms with Gasteiger partial charge >= 0.3 is 0 Å². The zero-order valence-corrected chi connectivity index (χ0v) is 14.1. The number of primary amides is 1. The number of ether oxygens (including phenoxy) is 1. The minimum atomic E-state index is -0.687. The molecule has 1 aliphatic carbocycles. The zero-order valence-electron chi connectivity index (χ0n) is 13.3. The molecule has 3 atom stereocenters. The highest BCUT2D eigenvalue weighted by atomic mass is 32.1. The van der Waals surface area contributed by atoms with Crippen LogP contribution in [0.25, 0.3) is 0 Å². The van der Waals surface area contributed by atoms with Gasteiger partial charge in [0.25, 0.3) is 5.91 Å². The summed E-state index contributed by atoms with van der Waals surface area (Å²) < 4.78 is 5.68. The molecule has 3 N–H and O–H groups in total. The molecule has 124 valence electrons. The SMILES string of the molecule is C[C@H]1CCCC[C@H]1NC(=S)N1C[C@H](C(N)=O)Oc2ccccc21. The highest BCUT2D eigenvalue weighted by Gasteiger charge is 2.32. The molecule has 1 saturated carbocycles. The van der Waals surface area contributed by atoms with E-state index in [2.05, 4.69) is 12.2 Å². The van der Waals surface area contributed by atoms with Crippen molar-refractivity contribution in [2.75, 3.05) is 11.4 Å². The largest absolute Gasteiger partial charge is 0.477 e. The van der Waals surface area contributed by atoms with E-state index < -0.39 is 12.0 Å². The van der Waals surface area contributed by atoms with E-state index in [4.69, 9.17) is 22.7 Å². The summed E-state index contributed by atoms with van der Waals surface area (Å²) in [6.07, 6.45) is 4.19. The fourth-order valence-electron chi connectivity index (χ4n) is 3.34. The summed E-state index contributed by atoms with van der Waals surface area (Å²) in [5.74, 6) is 0.770. The number of benzene rings is 1. The third kappa shape index (κ3) is 3.42. The number of rotatable bonds is 2. The molecular weight excluding hydrogens is 310 g/mol. The van der Waals surface area contributed by atoms with Gasteiger partial charge in [-0.05, 0) is 43.1 Å². The summed E-state index contributed by atoms with van der Waals surface area (Å²) in [7, 11) is 0. The minimum absolute atomic E-state index is 0.347. The lowest BCUT2D eigenvalue weighted by molar-refractivity contribution is -0.124. The van der Waals surface area contributed by atoms with Gasteiger partial charge in [0.15, 0.2) is 11.2 Å². The molecule has 1 aromatic carbocycles. The quantitative estimate of drug-likeness (QED) is 0.812. The second-order valence-corrected chi connectivity index (χ2v) is 6.79. The lowest BCUT2D eigenvalue weighted by Gasteiger charge is -2.38. The highest BCUT2D eigenvalue weighted by molar-refractivity contribution is 7.80. The van der Waals surface area contributed by atoms with Gasteiger partial charge in [0.05, 0.1) is 12.2 Å². The maximum atomic E-state index is 11.6. The van der Waals surface area contributed by atoms with Gasteiger partial charge in [0.2, 0.25) is 0 Å². The van der Waals surface area contributed by atoms with E-state index in [1.165, 1.54) is 19.3 Å². The molecule has 1 amide bonds. The van der Waals surface area contributed by atoms with Crippen molar-refractivity contribution in [2.45, 2.75) is 44.8 Å². The fraction of sp³-hybridized carbons (Fsp3) is 0.529. The monoisotopic (exact) mass is 333 g/mol. The Bertz CT molecular complexity index is 607. The maximum absolute atomic E-state index is 11.6. The molecule has 5 nitrogen and oxygen atoms in total. The Balaban J connectivity index is 1.79. The van der Waals surface area contributed by atoms with Crippen LogP contribution in [0.1, 0.15) is 32.6 Å². The number of anilines is 1. The molecule has 0 radical (unpaired) electrons. The Kier molecular flexibility index (Phi) is 4.71. The van der Waals surface area contributed by atoms with Crippen LogP contribution in [0.4, 0.5) is 5.69 Å². The summed E-state index contributed by atoms with van der Waals surface area (Å²) >= 11 is 5.63. The van der Waals surface area contributed by atoms with Crippen molar-refractivity contribution in [3.63, 3.8) is 0 Å². The van der Waals surface area contributed by atoms with Gasteiger partial charge in [-0.1, -0.05) is 31.9 Å². The van der Waals surface area contributed by atoms with Gasteiger partial charge in [-0.2, -0.15) is 0 Å². The van der Waals surface area contributed by atoms with Crippen molar-refractivity contribution in [1.82, 2.24) is 5.32 Å². The number of hydrogen-bond donors (Lipinski definition) is 2. The second kappa shape index (κ2) is 6.74. The average molecular weight is 333 g/mol. The van der Waals surface area contributed by atoms with Crippen LogP contribution in [0.15, 0.2) is 24.3 Å². The van der Waals surface area contributed by atoms with Crippen molar-refractivity contribution in [3.05, 3.63) is 24.3 Å². The van der Waals surface area contributed by atoms with E-state index in [0.29, 0.717) is 29.4 Å². The van der Waals surface area contributed by atoms with Crippen LogP contribution in [0.2, 0.25) is 0 Å². The smallest absolute Gasteiger partial charge is 0.260 e. The number of nitrogens with zero attached hydrogens (tertiary/aromatic N) is 1. The Labute approximate surface area is 142 Å². The summed E-state index contributed by atoms with van der Waals surface area (Å²) in [6, 6.07) is 7.98. The van der Waals surface area contributed by atoms with E-state index >= 15 is 0 Å². The van der Waals surface area contributed by atoms with Gasteiger partial charge in [-0.25, -0.2) is 0 Å². The van der Waals surface area contributed by atoms with Crippen molar-refractivity contribution >= 4 is 28.9 Å². The lowest BCUT2D eigenvalue weighted by Crippen LogP contribution is -2.54. The van der Waals surface area contributed by atoms with Crippen molar-refractivity contribution in [2.24, 2.45) is 11.7 Å². The standard InChI is InChI=1S/C17H23N3O2S/c1-11-6-2-3-7-12(11)19-17(23)20-10-15(16(18)21)22-14-9-5-4-8-13(14)20/h4-5,8-9,11-12,15H,2-3,6-7,10H2,1H3,(H2,18,21)(H,19,23)/t11-,12+,15+/m0/s1. The van der Waals surface area contributed by atoms with Crippen LogP contribution in [0.5, 0.6) is 5.75 Å². The van der Waals surface area contributed by atoms with Gasteiger partial charge in [-0.15, -0.1) is 0 Å². The molecular formula is C17H23N3O2S. The molecule has 23 heavy (non-hydrogen) atoms. The second-order valence-electron chi connectivity index (χ2n) is 6.40. The van der Waals surface area contributed by atoms with E-state index in [0.717, 1.165) is 12.1 Å². The molecule has 1 heterocycles. The Morgan fingerprint density at radius 2 is 2.09 bits per heavy atom. The number of nitrogens with one attached hydrogen (secondary N) is 1. The first kappa shape index (κ1) is 16.1. The molecule has 1 aromatic rings. The predicted molar refractivity (Wildman–Crippen MR) is 94.6 cm³/mol. The van der Waals surface area contributed by atoms with Crippen LogP contribution < -0.4 is 20.7 Å².